The van der Waals surface area contributed by atoms with E-state index in [1.807, 2.05) is 0 Å². The fourth-order valence-electron chi connectivity index (χ4n) is 1.42. The van der Waals surface area contributed by atoms with Crippen LogP contribution in [0.15, 0.2) is 23.1 Å². The van der Waals surface area contributed by atoms with Crippen LogP contribution in [0, 0.1) is 17.1 Å². The first kappa shape index (κ1) is 14.6. The monoisotopic (exact) mass is 272 g/mol. The molecule has 1 N–H and O–H groups in total. The number of sulfonamides is 1. The Bertz CT molecular complexity index is 578. The molecule has 1 rings (SSSR count). The Morgan fingerprint density at radius 2 is 2.17 bits per heavy atom. The highest BCUT2D eigenvalue weighted by molar-refractivity contribution is 7.89. The maximum atomic E-state index is 13.6. The molecule has 18 heavy (non-hydrogen) atoms. The van der Waals surface area contributed by atoms with Crippen molar-refractivity contribution in [3.63, 3.8) is 0 Å². The van der Waals surface area contributed by atoms with Crippen molar-refractivity contribution < 1.29 is 17.9 Å². The molecule has 7 heteroatoms. The van der Waals surface area contributed by atoms with Crippen molar-refractivity contribution in [2.24, 2.45) is 0 Å². The van der Waals surface area contributed by atoms with Crippen LogP contribution in [0.1, 0.15) is 12.5 Å². The van der Waals surface area contributed by atoms with Crippen LogP contribution in [0.4, 0.5) is 4.39 Å². The molecule has 98 valence electrons. The van der Waals surface area contributed by atoms with Crippen LogP contribution >= 0.6 is 0 Å². The summed E-state index contributed by atoms with van der Waals surface area (Å²) in [7, 11) is -2.75. The van der Waals surface area contributed by atoms with E-state index in [1.165, 1.54) is 20.0 Å². The van der Waals surface area contributed by atoms with E-state index in [2.05, 4.69) is 0 Å². The minimum Gasteiger partial charge on any atom is -0.392 e. The van der Waals surface area contributed by atoms with E-state index in [0.717, 1.165) is 16.4 Å². The summed E-state index contributed by atoms with van der Waals surface area (Å²) in [4.78, 5) is -0.510. The number of hydrogen-bond acceptors (Lipinski definition) is 4. The Morgan fingerprint density at radius 1 is 1.56 bits per heavy atom. The third-order valence-corrected chi connectivity index (χ3v) is 4.13. The van der Waals surface area contributed by atoms with Crippen LogP contribution < -0.4 is 0 Å². The number of aliphatic hydroxyl groups excluding tert-OH is 1. The van der Waals surface area contributed by atoms with Crippen LogP contribution in [0.5, 0.6) is 0 Å². The van der Waals surface area contributed by atoms with E-state index in [0.29, 0.717) is 0 Å². The molecule has 0 radical (unpaired) electrons. The molecule has 0 spiro atoms. The number of nitriles is 1. The summed E-state index contributed by atoms with van der Waals surface area (Å²) in [5.41, 5.74) is 0.0460. The van der Waals surface area contributed by atoms with Crippen molar-refractivity contribution in [2.45, 2.75) is 17.9 Å². The Hall–Kier alpha value is -1.49. The topological polar surface area (TPSA) is 81.4 Å². The summed E-state index contributed by atoms with van der Waals surface area (Å²) in [6.45, 7) is 1.29. The number of rotatable bonds is 4. The zero-order valence-corrected chi connectivity index (χ0v) is 10.8. The van der Waals surface area contributed by atoms with Gasteiger partial charge < -0.3 is 5.11 Å². The summed E-state index contributed by atoms with van der Waals surface area (Å²) in [5, 5.41) is 17.7. The predicted octanol–water partition coefficient (Wildman–Crippen LogP) is 0.699. The van der Waals surface area contributed by atoms with E-state index in [-0.39, 0.29) is 12.1 Å². The average molecular weight is 272 g/mol. The molecule has 0 aliphatic carbocycles. The van der Waals surface area contributed by atoms with Gasteiger partial charge >= 0.3 is 0 Å². The molecule has 1 aromatic carbocycles. The third kappa shape index (κ3) is 3.04. The van der Waals surface area contributed by atoms with E-state index >= 15 is 0 Å². The Kier molecular flexibility index (Phi) is 4.40. The van der Waals surface area contributed by atoms with E-state index in [9.17, 15) is 12.8 Å². The molecular formula is C11H13FN2O3S. The standard InChI is InChI=1S/C11H13FN2O3S/c1-8(15)7-14(2)18(16,17)11-4-3-9(6-13)5-10(11)12/h3-5,8,15H,7H2,1-2H3/t8-/m1/s1. The zero-order chi connectivity index (χ0) is 13.9. The second kappa shape index (κ2) is 5.44. The highest BCUT2D eigenvalue weighted by Crippen LogP contribution is 2.19. The highest BCUT2D eigenvalue weighted by atomic mass is 32.2. The lowest BCUT2D eigenvalue weighted by Crippen LogP contribution is -2.33. The predicted molar refractivity (Wildman–Crippen MR) is 62.6 cm³/mol. The van der Waals surface area contributed by atoms with Crippen molar-refractivity contribution in [3.05, 3.63) is 29.6 Å². The average Bonchev–Trinajstić information content (AvgIpc) is 2.27. The lowest BCUT2D eigenvalue weighted by molar-refractivity contribution is 0.171. The van der Waals surface area contributed by atoms with Crippen LogP contribution in [0.2, 0.25) is 0 Å². The first-order valence-corrected chi connectivity index (χ1v) is 6.57. The Morgan fingerprint density at radius 3 is 2.61 bits per heavy atom. The van der Waals surface area contributed by atoms with Crippen LogP contribution in [-0.2, 0) is 10.0 Å². The summed E-state index contributed by atoms with van der Waals surface area (Å²) in [6.07, 6.45) is -0.855. The van der Waals surface area contributed by atoms with E-state index < -0.39 is 26.8 Å². The van der Waals surface area contributed by atoms with Crippen LogP contribution in [0.25, 0.3) is 0 Å². The molecule has 0 bridgehead atoms. The Balaban J connectivity index is 3.17. The second-order valence-electron chi connectivity index (χ2n) is 3.89. The molecule has 1 aromatic rings. The van der Waals surface area contributed by atoms with Gasteiger partial charge in [-0.3, -0.25) is 0 Å². The van der Waals surface area contributed by atoms with Crippen molar-refractivity contribution in [1.29, 1.82) is 5.26 Å². The van der Waals surface area contributed by atoms with Gasteiger partial charge in [-0.1, -0.05) is 0 Å². The van der Waals surface area contributed by atoms with E-state index in [1.54, 1.807) is 6.07 Å². The number of halogens is 1. The molecule has 0 heterocycles. The molecule has 0 saturated carbocycles. The van der Waals surface area contributed by atoms with Gasteiger partial charge in [0.15, 0.2) is 0 Å². The minimum absolute atomic E-state index is 0.0460. The lowest BCUT2D eigenvalue weighted by Gasteiger charge is -2.18. The van der Waals surface area contributed by atoms with Gasteiger partial charge in [-0.25, -0.2) is 12.8 Å². The number of aliphatic hydroxyl groups is 1. The second-order valence-corrected chi connectivity index (χ2v) is 5.90. The van der Waals surface area contributed by atoms with Gasteiger partial charge in [-0.05, 0) is 25.1 Å². The quantitative estimate of drug-likeness (QED) is 0.874. The van der Waals surface area contributed by atoms with Gasteiger partial charge in [-0.2, -0.15) is 9.57 Å². The molecular weight excluding hydrogens is 259 g/mol. The first-order valence-electron chi connectivity index (χ1n) is 5.13. The maximum Gasteiger partial charge on any atom is 0.245 e. The van der Waals surface area contributed by atoms with E-state index in [4.69, 9.17) is 10.4 Å². The van der Waals surface area contributed by atoms with Gasteiger partial charge in [0.05, 0.1) is 17.7 Å². The van der Waals surface area contributed by atoms with Crippen LogP contribution in [0.3, 0.4) is 0 Å². The molecule has 0 amide bonds. The summed E-state index contributed by atoms with van der Waals surface area (Å²) >= 11 is 0. The van der Waals surface area contributed by atoms with Crippen molar-refractivity contribution >= 4 is 10.0 Å². The zero-order valence-electron chi connectivity index (χ0n) is 9.96. The minimum atomic E-state index is -4.00. The Labute approximate surface area is 105 Å². The van der Waals surface area contributed by atoms with Crippen molar-refractivity contribution in [1.82, 2.24) is 4.31 Å². The van der Waals surface area contributed by atoms with Crippen molar-refractivity contribution in [3.8, 4) is 6.07 Å². The molecule has 1 atom stereocenters. The third-order valence-electron chi connectivity index (χ3n) is 2.27. The molecule has 0 fully saturated rings. The molecule has 0 aromatic heterocycles. The smallest absolute Gasteiger partial charge is 0.245 e. The van der Waals surface area contributed by atoms with Gasteiger partial charge in [-0.15, -0.1) is 0 Å². The maximum absolute atomic E-state index is 13.6. The fraction of sp³-hybridized carbons (Fsp3) is 0.364. The molecule has 0 aliphatic rings. The summed E-state index contributed by atoms with van der Waals surface area (Å²) < 4.78 is 38.4. The first-order chi connectivity index (χ1) is 8.28. The fourth-order valence-corrected chi connectivity index (χ4v) is 2.71. The lowest BCUT2D eigenvalue weighted by atomic mass is 10.2. The normalized spacial score (nSPS) is 13.3. The molecule has 0 aliphatic heterocycles. The van der Waals surface area contributed by atoms with Gasteiger partial charge in [0.1, 0.15) is 10.7 Å². The molecule has 0 saturated heterocycles. The summed E-state index contributed by atoms with van der Waals surface area (Å²) in [6, 6.07) is 4.86. The summed E-state index contributed by atoms with van der Waals surface area (Å²) in [5.74, 6) is -0.980. The highest BCUT2D eigenvalue weighted by Gasteiger charge is 2.25. The van der Waals surface area contributed by atoms with Gasteiger partial charge in [0.2, 0.25) is 10.0 Å². The van der Waals surface area contributed by atoms with Gasteiger partial charge in [0, 0.05) is 13.6 Å². The number of nitrogens with zero attached hydrogens (tertiary/aromatic N) is 2. The number of benzene rings is 1. The molecule has 5 nitrogen and oxygen atoms in total. The van der Waals surface area contributed by atoms with Crippen molar-refractivity contribution in [2.75, 3.05) is 13.6 Å². The number of likely N-dealkylation sites (N-methyl/N-ethyl adjacent to an activating group) is 1. The largest absolute Gasteiger partial charge is 0.392 e. The SMILES string of the molecule is C[C@@H](O)CN(C)S(=O)(=O)c1ccc(C#N)cc1F. The van der Waals surface area contributed by atoms with Gasteiger partial charge in [0.25, 0.3) is 0 Å². The van der Waals surface area contributed by atoms with Crippen LogP contribution in [-0.4, -0.2) is 37.5 Å². The molecule has 0 unspecified atom stereocenters. The number of hydrogen-bond donors (Lipinski definition) is 1.